The average molecular weight is 1090 g/mol. The number of aliphatic hydroxyl groups excluding tert-OH is 1. The van der Waals surface area contributed by atoms with Crippen molar-refractivity contribution in [2.24, 2.45) is 0 Å². The summed E-state index contributed by atoms with van der Waals surface area (Å²) in [6, 6.07) is -0.869. The highest BCUT2D eigenvalue weighted by molar-refractivity contribution is 7.47. The molecule has 0 saturated carbocycles. The lowest BCUT2D eigenvalue weighted by molar-refractivity contribution is -0.870. The van der Waals surface area contributed by atoms with E-state index in [1.807, 2.05) is 27.2 Å². The normalized spacial score (nSPS) is 14.2. The van der Waals surface area contributed by atoms with Crippen molar-refractivity contribution in [3.8, 4) is 0 Å². The molecule has 0 aromatic carbocycles. The molecule has 0 aromatic heterocycles. The third kappa shape index (κ3) is 59.6. The lowest BCUT2D eigenvalue weighted by Crippen LogP contribution is -2.45. The number of unbranched alkanes of at least 4 members (excludes halogenated alkanes) is 36. The standard InChI is InChI=1S/C67H125N2O6P/c1-6-8-10-12-14-16-18-20-22-24-26-28-30-32-33-34-35-37-38-40-42-44-46-48-50-52-54-56-58-60-66(70)65(64-75-76(72,73)74-63-62-69(3,4)5)68-67(71)61-59-57-55-53-51-49-47-45-43-41-39-36-31-29-27-25-23-21-19-17-15-13-11-9-7-2/h9,11,15,17,21,23,27,29,50,52,58,60,65-66,70H,6-8,10,12-14,16,18-20,22,24-26,28,30-49,51,53-57,59,61-64H2,1-5H3,(H-,68,71,72,73)/p+1/b11-9-,17-15-,23-21-,29-27-,52-50+,60-58+. The first kappa shape index (κ1) is 73.9. The number of amides is 1. The van der Waals surface area contributed by atoms with Crippen molar-refractivity contribution < 1.29 is 32.9 Å². The van der Waals surface area contributed by atoms with Gasteiger partial charge in [-0.25, -0.2) is 4.57 Å². The third-order valence-electron chi connectivity index (χ3n) is 14.4. The summed E-state index contributed by atoms with van der Waals surface area (Å²) in [4.78, 5) is 23.4. The van der Waals surface area contributed by atoms with Crippen molar-refractivity contribution in [2.75, 3.05) is 40.9 Å². The lowest BCUT2D eigenvalue weighted by atomic mass is 10.0. The average Bonchev–Trinajstić information content (AvgIpc) is 3.38. The number of nitrogens with one attached hydrogen (secondary N) is 1. The Hall–Kier alpha value is -2.06. The zero-order valence-corrected chi connectivity index (χ0v) is 51.6. The van der Waals surface area contributed by atoms with Crippen LogP contribution in [-0.4, -0.2) is 73.4 Å². The molecule has 76 heavy (non-hydrogen) atoms. The Balaban J connectivity index is 4.17. The lowest BCUT2D eigenvalue weighted by Gasteiger charge is -2.25. The molecule has 0 aromatic rings. The highest BCUT2D eigenvalue weighted by Crippen LogP contribution is 2.43. The first-order valence-corrected chi connectivity index (χ1v) is 33.8. The van der Waals surface area contributed by atoms with Crippen LogP contribution in [0.5, 0.6) is 0 Å². The van der Waals surface area contributed by atoms with E-state index in [2.05, 4.69) is 79.9 Å². The molecule has 0 fully saturated rings. The summed E-state index contributed by atoms with van der Waals surface area (Å²) < 4.78 is 23.8. The Morgan fingerprint density at radius 3 is 1.21 bits per heavy atom. The Morgan fingerprint density at radius 1 is 0.461 bits per heavy atom. The SMILES string of the molecule is CC/C=C\C/C=C\C/C=C\C/C=C\CCCCCCCCCCCCCCC(=O)NC(COP(=O)(O)OCC[N+](C)(C)C)C(O)/C=C/CC/C=C/CCCCCCCCCCCCCCCCCCCCCCCCC. The fourth-order valence-corrected chi connectivity index (χ4v) is 10.1. The van der Waals surface area contributed by atoms with Crippen molar-refractivity contribution in [3.63, 3.8) is 0 Å². The fourth-order valence-electron chi connectivity index (χ4n) is 9.41. The third-order valence-corrected chi connectivity index (χ3v) is 15.4. The van der Waals surface area contributed by atoms with Crippen LogP contribution in [0, 0.1) is 0 Å². The molecule has 0 bridgehead atoms. The maximum atomic E-state index is 13.0. The van der Waals surface area contributed by atoms with Gasteiger partial charge in [-0.15, -0.1) is 0 Å². The zero-order valence-electron chi connectivity index (χ0n) is 50.7. The Bertz CT molecular complexity index is 1470. The van der Waals surface area contributed by atoms with E-state index in [0.29, 0.717) is 17.4 Å². The van der Waals surface area contributed by atoms with Gasteiger partial charge >= 0.3 is 7.82 Å². The molecule has 0 aliphatic carbocycles. The Kier molecular flexibility index (Phi) is 56.1. The summed E-state index contributed by atoms with van der Waals surface area (Å²) in [5.41, 5.74) is 0. The van der Waals surface area contributed by atoms with Crippen LogP contribution < -0.4 is 5.32 Å². The summed E-state index contributed by atoms with van der Waals surface area (Å²) >= 11 is 0. The molecule has 0 heterocycles. The summed E-state index contributed by atoms with van der Waals surface area (Å²) in [6.07, 6.45) is 80.3. The first-order chi connectivity index (χ1) is 37.0. The molecule has 3 N–H and O–H groups in total. The van der Waals surface area contributed by atoms with Gasteiger partial charge in [0.25, 0.3) is 0 Å². The van der Waals surface area contributed by atoms with Crippen molar-refractivity contribution >= 4 is 13.7 Å². The monoisotopic (exact) mass is 1090 g/mol. The van der Waals surface area contributed by atoms with Crippen LogP contribution in [0.15, 0.2) is 72.9 Å². The van der Waals surface area contributed by atoms with Gasteiger partial charge in [0.05, 0.1) is 39.9 Å². The second-order valence-corrected chi connectivity index (χ2v) is 24.6. The van der Waals surface area contributed by atoms with Crippen molar-refractivity contribution in [1.29, 1.82) is 0 Å². The predicted octanol–water partition coefficient (Wildman–Crippen LogP) is 20.2. The minimum Gasteiger partial charge on any atom is -0.387 e. The number of aliphatic hydroxyl groups is 1. The van der Waals surface area contributed by atoms with E-state index in [1.165, 1.54) is 212 Å². The molecule has 444 valence electrons. The summed E-state index contributed by atoms with van der Waals surface area (Å²) in [5, 5.41) is 14.0. The number of hydrogen-bond donors (Lipinski definition) is 3. The van der Waals surface area contributed by atoms with Gasteiger partial charge in [-0.2, -0.15) is 0 Å². The first-order valence-electron chi connectivity index (χ1n) is 32.3. The van der Waals surface area contributed by atoms with Gasteiger partial charge in [0.15, 0.2) is 0 Å². The number of likely N-dealkylation sites (N-methyl/N-ethyl adjacent to an activating group) is 1. The molecule has 0 rings (SSSR count). The van der Waals surface area contributed by atoms with E-state index >= 15 is 0 Å². The molecule has 3 unspecified atom stereocenters. The topological polar surface area (TPSA) is 105 Å². The molecule has 0 radical (unpaired) electrons. The summed E-state index contributed by atoms with van der Waals surface area (Å²) in [6.45, 7) is 4.71. The van der Waals surface area contributed by atoms with Crippen LogP contribution in [0.4, 0.5) is 0 Å². The van der Waals surface area contributed by atoms with E-state index in [-0.39, 0.29) is 19.1 Å². The maximum absolute atomic E-state index is 13.0. The van der Waals surface area contributed by atoms with Gasteiger partial charge in [-0.3, -0.25) is 13.8 Å². The summed E-state index contributed by atoms with van der Waals surface area (Å²) in [7, 11) is 1.55. The molecule has 9 heteroatoms. The van der Waals surface area contributed by atoms with Crippen LogP contribution in [0.1, 0.15) is 296 Å². The second kappa shape index (κ2) is 57.6. The van der Waals surface area contributed by atoms with Crippen molar-refractivity contribution in [3.05, 3.63) is 72.9 Å². The molecule has 0 aliphatic heterocycles. The molecule has 8 nitrogen and oxygen atoms in total. The van der Waals surface area contributed by atoms with Crippen LogP contribution in [0.25, 0.3) is 0 Å². The Labute approximate surface area is 472 Å². The minimum atomic E-state index is -4.36. The van der Waals surface area contributed by atoms with Gasteiger partial charge in [-0.1, -0.05) is 292 Å². The number of carbonyl (C=O) groups excluding carboxylic acids is 1. The van der Waals surface area contributed by atoms with E-state index < -0.39 is 20.0 Å². The van der Waals surface area contributed by atoms with Crippen molar-refractivity contribution in [1.82, 2.24) is 5.32 Å². The fraction of sp³-hybridized carbons (Fsp3) is 0.806. The smallest absolute Gasteiger partial charge is 0.387 e. The molecular formula is C67H126N2O6P+. The number of nitrogens with zero attached hydrogens (tertiary/aromatic N) is 1. The van der Waals surface area contributed by atoms with Gasteiger partial charge < -0.3 is 19.8 Å². The van der Waals surface area contributed by atoms with Gasteiger partial charge in [0.1, 0.15) is 13.2 Å². The van der Waals surface area contributed by atoms with E-state index in [0.717, 1.165) is 64.2 Å². The van der Waals surface area contributed by atoms with Crippen LogP contribution in [-0.2, 0) is 18.4 Å². The molecule has 1 amide bonds. The van der Waals surface area contributed by atoms with E-state index in [4.69, 9.17) is 9.05 Å². The number of phosphoric acid groups is 1. The number of hydrogen-bond acceptors (Lipinski definition) is 5. The molecular weight excluding hydrogens is 960 g/mol. The van der Waals surface area contributed by atoms with Gasteiger partial charge in [-0.05, 0) is 70.6 Å². The van der Waals surface area contributed by atoms with E-state index in [9.17, 15) is 19.4 Å². The minimum absolute atomic E-state index is 0.0537. The number of phosphoric ester groups is 1. The van der Waals surface area contributed by atoms with E-state index in [1.54, 1.807) is 6.08 Å². The van der Waals surface area contributed by atoms with Crippen LogP contribution >= 0.6 is 7.82 Å². The number of quaternary nitrogens is 1. The number of carbonyl (C=O) groups is 1. The zero-order chi connectivity index (χ0) is 55.6. The highest BCUT2D eigenvalue weighted by Gasteiger charge is 2.27. The predicted molar refractivity (Wildman–Crippen MR) is 332 cm³/mol. The van der Waals surface area contributed by atoms with Gasteiger partial charge in [0.2, 0.25) is 5.91 Å². The number of allylic oxidation sites excluding steroid dienone is 11. The quantitative estimate of drug-likeness (QED) is 0.0243. The van der Waals surface area contributed by atoms with Crippen LogP contribution in [0.2, 0.25) is 0 Å². The largest absolute Gasteiger partial charge is 0.472 e. The molecule has 3 atom stereocenters. The Morgan fingerprint density at radius 2 is 0.803 bits per heavy atom. The van der Waals surface area contributed by atoms with Gasteiger partial charge in [0, 0.05) is 6.42 Å². The maximum Gasteiger partial charge on any atom is 0.472 e. The molecule has 0 spiro atoms. The summed E-state index contributed by atoms with van der Waals surface area (Å²) in [5.74, 6) is -0.188. The molecule has 0 saturated heterocycles. The second-order valence-electron chi connectivity index (χ2n) is 23.1. The number of rotatable bonds is 59. The van der Waals surface area contributed by atoms with Crippen molar-refractivity contribution in [2.45, 2.75) is 309 Å². The van der Waals surface area contributed by atoms with Crippen LogP contribution in [0.3, 0.4) is 0 Å². The molecule has 0 aliphatic rings. The highest BCUT2D eigenvalue weighted by atomic mass is 31.2.